The Balaban J connectivity index is 3.44. The highest BCUT2D eigenvalue weighted by Crippen LogP contribution is 2.08. The molecule has 0 aliphatic carbocycles. The van der Waals surface area contributed by atoms with Gasteiger partial charge in [0.2, 0.25) is 5.91 Å². The molecule has 0 saturated carbocycles. The van der Waals surface area contributed by atoms with Gasteiger partial charge in [0, 0.05) is 12.8 Å². The molecule has 4 heteroatoms. The maximum absolute atomic E-state index is 10.3. The van der Waals surface area contributed by atoms with Gasteiger partial charge in [-0.05, 0) is 12.3 Å². The average molecular weight is 159 g/mol. The molecule has 0 saturated heterocycles. The largest absolute Gasteiger partial charge is 0.481 e. The van der Waals surface area contributed by atoms with Crippen LogP contribution in [0.5, 0.6) is 0 Å². The summed E-state index contributed by atoms with van der Waals surface area (Å²) in [7, 11) is 0. The number of carbonyl (C=O) groups excluding carboxylic acids is 1. The summed E-state index contributed by atoms with van der Waals surface area (Å²) < 4.78 is 0. The van der Waals surface area contributed by atoms with Gasteiger partial charge in [0.25, 0.3) is 0 Å². The Morgan fingerprint density at radius 2 is 2.09 bits per heavy atom. The highest BCUT2D eigenvalue weighted by molar-refractivity contribution is 5.74. The first-order chi connectivity index (χ1) is 5.02. The van der Waals surface area contributed by atoms with Gasteiger partial charge in [0.1, 0.15) is 0 Å². The van der Waals surface area contributed by atoms with Crippen molar-refractivity contribution in [2.24, 2.45) is 11.7 Å². The van der Waals surface area contributed by atoms with Crippen LogP contribution in [0.15, 0.2) is 0 Å². The van der Waals surface area contributed by atoms with Crippen LogP contribution in [0.1, 0.15) is 26.2 Å². The van der Waals surface area contributed by atoms with E-state index >= 15 is 0 Å². The second-order valence-corrected chi connectivity index (χ2v) is 2.71. The number of hydrogen-bond donors (Lipinski definition) is 2. The van der Waals surface area contributed by atoms with Gasteiger partial charge >= 0.3 is 5.97 Å². The molecular formula is C7H13NO3. The molecule has 0 radical (unpaired) electrons. The predicted octanol–water partition coefficient (Wildman–Crippen LogP) is 0.363. The Labute approximate surface area is 65.4 Å². The second-order valence-electron chi connectivity index (χ2n) is 2.71. The third-order valence-electron chi connectivity index (χ3n) is 1.40. The Morgan fingerprint density at radius 1 is 1.55 bits per heavy atom. The van der Waals surface area contributed by atoms with Gasteiger partial charge in [-0.3, -0.25) is 9.59 Å². The summed E-state index contributed by atoms with van der Waals surface area (Å²) in [6.07, 6.45) is 0.889. The van der Waals surface area contributed by atoms with Gasteiger partial charge in [0.15, 0.2) is 0 Å². The van der Waals surface area contributed by atoms with Crippen molar-refractivity contribution in [2.45, 2.75) is 26.2 Å². The van der Waals surface area contributed by atoms with E-state index in [1.165, 1.54) is 0 Å². The lowest BCUT2D eigenvalue weighted by Crippen LogP contribution is -2.15. The highest BCUT2D eigenvalue weighted by atomic mass is 16.4. The molecule has 0 fully saturated rings. The molecule has 3 N–H and O–H groups in total. The molecule has 0 heterocycles. The van der Waals surface area contributed by atoms with E-state index in [-0.39, 0.29) is 24.7 Å². The fourth-order valence-electron chi connectivity index (χ4n) is 0.815. The summed E-state index contributed by atoms with van der Waals surface area (Å²) in [5, 5.41) is 8.28. The van der Waals surface area contributed by atoms with Crippen LogP contribution in [-0.4, -0.2) is 17.0 Å². The van der Waals surface area contributed by atoms with Crippen LogP contribution in [0.4, 0.5) is 0 Å². The number of rotatable bonds is 5. The van der Waals surface area contributed by atoms with Crippen molar-refractivity contribution in [3.8, 4) is 0 Å². The fraction of sp³-hybridized carbons (Fsp3) is 0.714. The molecule has 0 aromatic rings. The standard InChI is InChI=1S/C7H13NO3/c1-5(4-6(8)9)2-3-7(10)11/h5H,2-4H2,1H3,(H2,8,9)(H,10,11)/t5-/m0/s1. The van der Waals surface area contributed by atoms with Gasteiger partial charge in [-0.25, -0.2) is 0 Å². The van der Waals surface area contributed by atoms with Crippen LogP contribution < -0.4 is 5.73 Å². The number of carbonyl (C=O) groups is 2. The molecule has 0 unspecified atom stereocenters. The van der Waals surface area contributed by atoms with Gasteiger partial charge in [-0.2, -0.15) is 0 Å². The number of amides is 1. The Morgan fingerprint density at radius 3 is 2.45 bits per heavy atom. The highest BCUT2D eigenvalue weighted by Gasteiger charge is 2.07. The fourth-order valence-corrected chi connectivity index (χ4v) is 0.815. The van der Waals surface area contributed by atoms with E-state index in [0.29, 0.717) is 6.42 Å². The molecule has 64 valence electrons. The maximum Gasteiger partial charge on any atom is 0.303 e. The summed E-state index contributed by atoms with van der Waals surface area (Å²) >= 11 is 0. The first-order valence-electron chi connectivity index (χ1n) is 3.52. The van der Waals surface area contributed by atoms with Crippen molar-refractivity contribution in [1.82, 2.24) is 0 Å². The monoisotopic (exact) mass is 159 g/mol. The zero-order valence-corrected chi connectivity index (χ0v) is 6.54. The smallest absolute Gasteiger partial charge is 0.303 e. The Bertz CT molecular complexity index is 156. The quantitative estimate of drug-likeness (QED) is 0.607. The van der Waals surface area contributed by atoms with Crippen molar-refractivity contribution >= 4 is 11.9 Å². The van der Waals surface area contributed by atoms with E-state index in [4.69, 9.17) is 10.8 Å². The van der Waals surface area contributed by atoms with Crippen molar-refractivity contribution in [2.75, 3.05) is 0 Å². The molecule has 0 aromatic heterocycles. The van der Waals surface area contributed by atoms with Gasteiger partial charge in [0.05, 0.1) is 0 Å². The lowest BCUT2D eigenvalue weighted by atomic mass is 10.0. The minimum atomic E-state index is -0.832. The van der Waals surface area contributed by atoms with Crippen LogP contribution in [0.2, 0.25) is 0 Å². The third kappa shape index (κ3) is 6.83. The van der Waals surface area contributed by atoms with Crippen molar-refractivity contribution < 1.29 is 14.7 Å². The van der Waals surface area contributed by atoms with E-state index in [2.05, 4.69) is 0 Å². The van der Waals surface area contributed by atoms with E-state index in [1.54, 1.807) is 0 Å². The molecular weight excluding hydrogens is 146 g/mol. The first-order valence-corrected chi connectivity index (χ1v) is 3.52. The third-order valence-corrected chi connectivity index (χ3v) is 1.40. The lowest BCUT2D eigenvalue weighted by Gasteiger charge is -2.05. The van der Waals surface area contributed by atoms with Crippen molar-refractivity contribution in [1.29, 1.82) is 0 Å². The topological polar surface area (TPSA) is 80.4 Å². The van der Waals surface area contributed by atoms with Crippen molar-refractivity contribution in [3.05, 3.63) is 0 Å². The SMILES string of the molecule is C[C@@H](CCC(=O)O)CC(N)=O. The molecule has 4 nitrogen and oxygen atoms in total. The Kier molecular flexibility index (Phi) is 4.26. The maximum atomic E-state index is 10.3. The van der Waals surface area contributed by atoms with Gasteiger partial charge < -0.3 is 10.8 Å². The van der Waals surface area contributed by atoms with Crippen molar-refractivity contribution in [3.63, 3.8) is 0 Å². The number of nitrogens with two attached hydrogens (primary N) is 1. The molecule has 0 aliphatic rings. The Hall–Kier alpha value is -1.06. The molecule has 0 bridgehead atoms. The predicted molar refractivity (Wildman–Crippen MR) is 39.8 cm³/mol. The van der Waals surface area contributed by atoms with Crippen LogP contribution in [-0.2, 0) is 9.59 Å². The van der Waals surface area contributed by atoms with Gasteiger partial charge in [-0.15, -0.1) is 0 Å². The molecule has 1 amide bonds. The molecule has 0 aromatic carbocycles. The summed E-state index contributed by atoms with van der Waals surface area (Å²) in [6.45, 7) is 1.81. The van der Waals surface area contributed by atoms with Gasteiger partial charge in [-0.1, -0.05) is 6.92 Å². The second kappa shape index (κ2) is 4.71. The van der Waals surface area contributed by atoms with E-state index in [9.17, 15) is 9.59 Å². The number of primary amides is 1. The first kappa shape index (κ1) is 9.94. The summed E-state index contributed by atoms with van der Waals surface area (Å²) in [5.74, 6) is -1.13. The molecule has 1 atom stereocenters. The molecule has 11 heavy (non-hydrogen) atoms. The van der Waals surface area contributed by atoms with E-state index in [0.717, 1.165) is 0 Å². The van der Waals surface area contributed by atoms with Crippen LogP contribution >= 0.6 is 0 Å². The zero-order chi connectivity index (χ0) is 8.85. The van der Waals surface area contributed by atoms with Crippen LogP contribution in [0.3, 0.4) is 0 Å². The average Bonchev–Trinajstić information content (AvgIpc) is 1.82. The number of carboxylic acid groups (broad SMARTS) is 1. The molecule has 0 aliphatic heterocycles. The summed E-state index contributed by atoms with van der Waals surface area (Å²) in [5.41, 5.74) is 4.91. The molecule has 0 spiro atoms. The minimum absolute atomic E-state index is 0.0728. The van der Waals surface area contributed by atoms with Crippen LogP contribution in [0.25, 0.3) is 0 Å². The minimum Gasteiger partial charge on any atom is -0.481 e. The number of carboxylic acids is 1. The number of aliphatic carboxylic acids is 1. The summed E-state index contributed by atoms with van der Waals surface area (Å²) in [6, 6.07) is 0. The van der Waals surface area contributed by atoms with E-state index in [1.807, 2.05) is 6.92 Å². The number of hydrogen-bond acceptors (Lipinski definition) is 2. The lowest BCUT2D eigenvalue weighted by molar-refractivity contribution is -0.137. The summed E-state index contributed by atoms with van der Waals surface area (Å²) in [4.78, 5) is 20.4. The van der Waals surface area contributed by atoms with Crippen LogP contribution in [0, 0.1) is 5.92 Å². The van der Waals surface area contributed by atoms with E-state index < -0.39 is 5.97 Å². The normalized spacial score (nSPS) is 12.5. The zero-order valence-electron chi connectivity index (χ0n) is 6.54. The molecule has 0 rings (SSSR count).